The van der Waals surface area contributed by atoms with Crippen LogP contribution in [-0.4, -0.2) is 75.3 Å². The van der Waals surface area contributed by atoms with E-state index in [2.05, 4.69) is 0 Å². The third-order valence-corrected chi connectivity index (χ3v) is 6.89. The second-order valence-electron chi connectivity index (χ2n) is 9.29. The van der Waals surface area contributed by atoms with Gasteiger partial charge in [0, 0.05) is 25.6 Å². The molecule has 2 aliphatic heterocycles. The Bertz CT molecular complexity index is 1390. The van der Waals surface area contributed by atoms with Crippen molar-refractivity contribution in [3.05, 3.63) is 83.4 Å². The molecule has 0 radical (unpaired) electrons. The Morgan fingerprint density at radius 3 is 2.27 bits per heavy atom. The molecule has 10 heteroatoms. The van der Waals surface area contributed by atoms with Crippen LogP contribution in [0.5, 0.6) is 23.0 Å². The number of fused-ring (bicyclic) bond motifs is 1. The van der Waals surface area contributed by atoms with E-state index in [0.29, 0.717) is 29.2 Å². The lowest BCUT2D eigenvalue weighted by Gasteiger charge is -2.27. The zero-order chi connectivity index (χ0) is 28.1. The van der Waals surface area contributed by atoms with Gasteiger partial charge in [0.15, 0.2) is 11.5 Å². The first-order chi connectivity index (χ1) is 19.5. The van der Waals surface area contributed by atoms with Crippen molar-refractivity contribution >= 4 is 17.5 Å². The quantitative estimate of drug-likeness (QED) is 0.381. The molecule has 5 rings (SSSR count). The molecule has 0 spiro atoms. The maximum Gasteiger partial charge on any atom is 0.262 e. The second kappa shape index (κ2) is 12.1. The summed E-state index contributed by atoms with van der Waals surface area (Å²) in [5.74, 6) is 2.05. The Hall–Kier alpha value is -4.57. The molecule has 3 aromatic rings. The van der Waals surface area contributed by atoms with Gasteiger partial charge in [-0.15, -0.1) is 0 Å². The zero-order valence-corrected chi connectivity index (χ0v) is 22.7. The highest BCUT2D eigenvalue weighted by molar-refractivity contribution is 6.04. The van der Waals surface area contributed by atoms with Gasteiger partial charge >= 0.3 is 0 Å². The lowest BCUT2D eigenvalue weighted by Crippen LogP contribution is -2.42. The van der Waals surface area contributed by atoms with E-state index in [0.717, 1.165) is 22.6 Å². The minimum atomic E-state index is -0.389. The zero-order valence-electron chi connectivity index (χ0n) is 22.7. The van der Waals surface area contributed by atoms with Crippen molar-refractivity contribution in [1.82, 2.24) is 9.91 Å². The third kappa shape index (κ3) is 5.72. The van der Waals surface area contributed by atoms with Gasteiger partial charge in [-0.25, -0.2) is 5.01 Å². The normalized spacial score (nSPS) is 15.5. The van der Waals surface area contributed by atoms with Crippen molar-refractivity contribution in [2.24, 2.45) is 5.10 Å². The van der Waals surface area contributed by atoms with Gasteiger partial charge in [-0.1, -0.05) is 6.07 Å². The van der Waals surface area contributed by atoms with Crippen LogP contribution in [0.4, 0.5) is 0 Å². The molecule has 2 aliphatic rings. The van der Waals surface area contributed by atoms with Gasteiger partial charge in [0.05, 0.1) is 32.6 Å². The summed E-state index contributed by atoms with van der Waals surface area (Å²) >= 11 is 0. The lowest BCUT2D eigenvalue weighted by molar-refractivity contribution is -0.133. The van der Waals surface area contributed by atoms with E-state index in [1.807, 2.05) is 42.5 Å². The summed E-state index contributed by atoms with van der Waals surface area (Å²) in [4.78, 5) is 28.7. The second-order valence-corrected chi connectivity index (χ2v) is 9.29. The summed E-state index contributed by atoms with van der Waals surface area (Å²) in [5, 5.41) is 6.23. The Kier molecular flexibility index (Phi) is 8.16. The van der Waals surface area contributed by atoms with Crippen LogP contribution in [-0.2, 0) is 9.53 Å². The molecule has 0 saturated carbocycles. The van der Waals surface area contributed by atoms with E-state index in [-0.39, 0.29) is 44.3 Å². The molecule has 2 amide bonds. The van der Waals surface area contributed by atoms with Gasteiger partial charge in [0.25, 0.3) is 11.8 Å². The van der Waals surface area contributed by atoms with Crippen molar-refractivity contribution in [3.8, 4) is 23.0 Å². The molecule has 0 saturated heterocycles. The largest absolute Gasteiger partial charge is 0.497 e. The number of hydrazone groups is 1. The van der Waals surface area contributed by atoms with Crippen molar-refractivity contribution in [2.75, 3.05) is 47.8 Å². The Morgan fingerprint density at radius 2 is 1.60 bits per heavy atom. The van der Waals surface area contributed by atoms with E-state index in [9.17, 15) is 9.59 Å². The molecule has 208 valence electrons. The average molecular weight is 546 g/mol. The van der Waals surface area contributed by atoms with Crippen LogP contribution < -0.4 is 18.9 Å². The number of rotatable bonds is 10. The minimum absolute atomic E-state index is 0.154. The van der Waals surface area contributed by atoms with Crippen molar-refractivity contribution in [1.29, 1.82) is 0 Å². The van der Waals surface area contributed by atoms with E-state index in [1.165, 1.54) is 9.91 Å². The molecule has 10 nitrogen and oxygen atoms in total. The van der Waals surface area contributed by atoms with E-state index in [1.54, 1.807) is 45.6 Å². The predicted octanol–water partition coefficient (Wildman–Crippen LogP) is 3.90. The fourth-order valence-electron chi connectivity index (χ4n) is 4.68. The number of carbonyl (C=O) groups is 2. The Balaban J connectivity index is 1.43. The van der Waals surface area contributed by atoms with Crippen LogP contribution in [0.15, 0.2) is 71.8 Å². The fourth-order valence-corrected chi connectivity index (χ4v) is 4.68. The molecule has 0 bridgehead atoms. The number of benzene rings is 3. The predicted molar refractivity (Wildman–Crippen MR) is 147 cm³/mol. The highest BCUT2D eigenvalue weighted by atomic mass is 16.7. The van der Waals surface area contributed by atoms with Crippen LogP contribution in [0.25, 0.3) is 0 Å². The number of ether oxygens (including phenoxy) is 5. The maximum atomic E-state index is 13.8. The van der Waals surface area contributed by atoms with Crippen molar-refractivity contribution in [3.63, 3.8) is 0 Å². The van der Waals surface area contributed by atoms with Gasteiger partial charge in [0.1, 0.15) is 18.0 Å². The molecule has 0 unspecified atom stereocenters. The summed E-state index contributed by atoms with van der Waals surface area (Å²) in [5.41, 5.74) is 2.94. The Morgan fingerprint density at radius 1 is 0.925 bits per heavy atom. The molecule has 1 atom stereocenters. The van der Waals surface area contributed by atoms with Gasteiger partial charge in [-0.05, 0) is 71.8 Å². The molecule has 2 heterocycles. The molecule has 3 aromatic carbocycles. The number of hydrogen-bond acceptors (Lipinski definition) is 8. The van der Waals surface area contributed by atoms with Gasteiger partial charge in [0.2, 0.25) is 6.79 Å². The SMILES string of the molecule is COCCN(CC(=O)N1N=C(c2ccc(OC)cc2)C[C@H]1c1ccc2c(c1)OCO2)C(=O)c1ccc(OC)cc1. The molecular weight excluding hydrogens is 514 g/mol. The van der Waals surface area contributed by atoms with Crippen molar-refractivity contribution < 1.29 is 33.3 Å². The summed E-state index contributed by atoms with van der Waals surface area (Å²) in [6.07, 6.45) is 0.488. The first-order valence-electron chi connectivity index (χ1n) is 12.9. The van der Waals surface area contributed by atoms with Crippen LogP contribution in [0.3, 0.4) is 0 Å². The first-order valence-corrected chi connectivity index (χ1v) is 12.9. The minimum Gasteiger partial charge on any atom is -0.497 e. The number of nitrogens with zero attached hydrogens (tertiary/aromatic N) is 3. The third-order valence-electron chi connectivity index (χ3n) is 6.89. The lowest BCUT2D eigenvalue weighted by atomic mass is 9.98. The molecule has 0 N–H and O–H groups in total. The topological polar surface area (TPSA) is 99.1 Å². The van der Waals surface area contributed by atoms with E-state index < -0.39 is 0 Å². The smallest absolute Gasteiger partial charge is 0.262 e. The summed E-state index contributed by atoms with van der Waals surface area (Å²) in [6.45, 7) is 0.502. The highest BCUT2D eigenvalue weighted by Gasteiger charge is 2.35. The monoisotopic (exact) mass is 545 g/mol. The van der Waals surface area contributed by atoms with Crippen molar-refractivity contribution in [2.45, 2.75) is 12.5 Å². The summed E-state index contributed by atoms with van der Waals surface area (Å²) in [6, 6.07) is 19.6. The van der Waals surface area contributed by atoms with E-state index >= 15 is 0 Å². The van der Waals surface area contributed by atoms with Gasteiger partial charge in [-0.2, -0.15) is 5.10 Å². The van der Waals surface area contributed by atoms with Crippen LogP contribution in [0.1, 0.15) is 33.9 Å². The van der Waals surface area contributed by atoms with Gasteiger partial charge in [-0.3, -0.25) is 9.59 Å². The van der Waals surface area contributed by atoms with Crippen LogP contribution in [0, 0.1) is 0 Å². The fraction of sp³-hybridized carbons (Fsp3) is 0.300. The van der Waals surface area contributed by atoms with Crippen LogP contribution >= 0.6 is 0 Å². The summed E-state index contributed by atoms with van der Waals surface area (Å²) < 4.78 is 26.8. The molecule has 0 fully saturated rings. The molecule has 40 heavy (non-hydrogen) atoms. The number of hydrogen-bond donors (Lipinski definition) is 0. The van der Waals surface area contributed by atoms with Crippen LogP contribution in [0.2, 0.25) is 0 Å². The number of methoxy groups -OCH3 is 3. The standard InChI is InChI=1S/C30H31N3O7/c1-36-15-14-32(30(35)21-6-11-24(38-3)12-7-21)18-29(34)33-26(22-8-13-27-28(16-22)40-19-39-27)17-25(31-33)20-4-9-23(37-2)10-5-20/h4-13,16,26H,14-15,17-19H2,1-3H3/t26-/m0/s1. The average Bonchev–Trinajstić information content (AvgIpc) is 3.66. The number of carbonyl (C=O) groups excluding carboxylic acids is 2. The molecule has 0 aromatic heterocycles. The summed E-state index contributed by atoms with van der Waals surface area (Å²) in [7, 11) is 4.73. The first kappa shape index (κ1) is 27.0. The maximum absolute atomic E-state index is 13.8. The number of amides is 2. The Labute approximate surface area is 232 Å². The van der Waals surface area contributed by atoms with Gasteiger partial charge < -0.3 is 28.6 Å². The molecule has 0 aliphatic carbocycles. The molecular formula is C30H31N3O7. The highest BCUT2D eigenvalue weighted by Crippen LogP contribution is 2.39. The van der Waals surface area contributed by atoms with E-state index in [4.69, 9.17) is 28.8 Å².